The zero-order valence-electron chi connectivity index (χ0n) is 13.8. The van der Waals surface area contributed by atoms with E-state index in [2.05, 4.69) is 9.94 Å². The van der Waals surface area contributed by atoms with Gasteiger partial charge in [-0.3, -0.25) is 9.48 Å². The Labute approximate surface area is 141 Å². The second kappa shape index (κ2) is 6.31. The van der Waals surface area contributed by atoms with E-state index in [0.717, 1.165) is 16.8 Å². The molecule has 2 rings (SSSR count). The number of ketones is 1. The third-order valence-electron chi connectivity index (χ3n) is 3.94. The average molecular weight is 353 g/mol. The standard InChI is InChI=1S/C17H15F4N3O/c1-10-9-24(23-15(10)18)16(2,3)14(25)8-11-5-6-13(22-4)12(7-11)17(19,20)21/h5-7,9H,8H2,1-3H3. The van der Waals surface area contributed by atoms with Gasteiger partial charge in [0.25, 0.3) is 0 Å². The Balaban J connectivity index is 2.33. The molecule has 0 aliphatic carbocycles. The predicted molar refractivity (Wildman–Crippen MR) is 82.7 cm³/mol. The summed E-state index contributed by atoms with van der Waals surface area (Å²) in [4.78, 5) is 15.4. The molecule has 0 aliphatic heterocycles. The van der Waals surface area contributed by atoms with Crippen LogP contribution in [0, 0.1) is 19.4 Å². The second-order valence-electron chi connectivity index (χ2n) is 6.17. The first-order chi connectivity index (χ1) is 11.5. The van der Waals surface area contributed by atoms with Crippen molar-refractivity contribution in [2.75, 3.05) is 0 Å². The Morgan fingerprint density at radius 2 is 1.96 bits per heavy atom. The van der Waals surface area contributed by atoms with Gasteiger partial charge >= 0.3 is 6.18 Å². The van der Waals surface area contributed by atoms with Crippen LogP contribution in [0.25, 0.3) is 4.85 Å². The van der Waals surface area contributed by atoms with E-state index >= 15 is 0 Å². The third kappa shape index (κ3) is 3.71. The van der Waals surface area contributed by atoms with Gasteiger partial charge < -0.3 is 0 Å². The van der Waals surface area contributed by atoms with Crippen LogP contribution in [0.1, 0.15) is 30.5 Å². The number of aryl methyl sites for hydroxylation is 1. The number of benzene rings is 1. The zero-order valence-corrected chi connectivity index (χ0v) is 13.8. The van der Waals surface area contributed by atoms with Crippen LogP contribution in [0.4, 0.5) is 23.2 Å². The monoisotopic (exact) mass is 353 g/mol. The lowest BCUT2D eigenvalue weighted by Gasteiger charge is -2.24. The molecule has 0 fully saturated rings. The Morgan fingerprint density at radius 1 is 1.32 bits per heavy atom. The molecule has 2 aromatic rings. The van der Waals surface area contributed by atoms with E-state index in [9.17, 15) is 22.4 Å². The van der Waals surface area contributed by atoms with Gasteiger partial charge in [0.05, 0.1) is 12.1 Å². The van der Waals surface area contributed by atoms with Crippen molar-refractivity contribution >= 4 is 11.5 Å². The number of carbonyl (C=O) groups is 1. The largest absolute Gasteiger partial charge is 0.407 e. The van der Waals surface area contributed by atoms with E-state index in [-0.39, 0.29) is 17.5 Å². The smallest absolute Gasteiger partial charge is 0.297 e. The van der Waals surface area contributed by atoms with E-state index in [1.54, 1.807) is 0 Å². The number of carbonyl (C=O) groups excluding carboxylic acids is 1. The fourth-order valence-electron chi connectivity index (χ4n) is 2.27. The molecule has 0 atom stereocenters. The van der Waals surface area contributed by atoms with Crippen molar-refractivity contribution in [1.29, 1.82) is 0 Å². The van der Waals surface area contributed by atoms with Gasteiger partial charge in [0, 0.05) is 18.2 Å². The second-order valence-corrected chi connectivity index (χ2v) is 6.17. The van der Waals surface area contributed by atoms with Gasteiger partial charge in [-0.2, -0.15) is 17.6 Å². The van der Waals surface area contributed by atoms with Gasteiger partial charge in [0.1, 0.15) is 5.54 Å². The highest BCUT2D eigenvalue weighted by Gasteiger charge is 2.35. The van der Waals surface area contributed by atoms with E-state index in [4.69, 9.17) is 6.57 Å². The summed E-state index contributed by atoms with van der Waals surface area (Å²) in [5, 5.41) is 3.64. The fourth-order valence-corrected chi connectivity index (χ4v) is 2.27. The van der Waals surface area contributed by atoms with Crippen molar-refractivity contribution in [1.82, 2.24) is 9.78 Å². The fraction of sp³-hybridized carbons (Fsp3) is 0.353. The van der Waals surface area contributed by atoms with Crippen LogP contribution in [0.5, 0.6) is 0 Å². The predicted octanol–water partition coefficient (Wildman–Crippen LogP) is 4.45. The molecule has 25 heavy (non-hydrogen) atoms. The van der Waals surface area contributed by atoms with Crippen molar-refractivity contribution in [2.45, 2.75) is 38.9 Å². The van der Waals surface area contributed by atoms with Crippen LogP contribution < -0.4 is 0 Å². The summed E-state index contributed by atoms with van der Waals surface area (Å²) in [5.41, 5.74) is -2.44. The molecule has 0 N–H and O–H groups in total. The highest BCUT2D eigenvalue weighted by molar-refractivity contribution is 5.87. The number of hydrogen-bond acceptors (Lipinski definition) is 2. The summed E-state index contributed by atoms with van der Waals surface area (Å²) >= 11 is 0. The van der Waals surface area contributed by atoms with Crippen molar-refractivity contribution in [3.05, 3.63) is 58.5 Å². The molecule has 0 bridgehead atoms. The zero-order chi connectivity index (χ0) is 19.0. The quantitative estimate of drug-likeness (QED) is 0.602. The summed E-state index contributed by atoms with van der Waals surface area (Å²) in [5.74, 6) is -1.14. The Morgan fingerprint density at radius 3 is 2.44 bits per heavy atom. The van der Waals surface area contributed by atoms with Gasteiger partial charge in [0.2, 0.25) is 5.95 Å². The van der Waals surface area contributed by atoms with Crippen LogP contribution in [0.3, 0.4) is 0 Å². The third-order valence-corrected chi connectivity index (χ3v) is 3.94. The maximum Gasteiger partial charge on any atom is 0.407 e. The lowest BCUT2D eigenvalue weighted by atomic mass is 9.93. The van der Waals surface area contributed by atoms with E-state index in [1.807, 2.05) is 0 Å². The van der Waals surface area contributed by atoms with Crippen molar-refractivity contribution < 1.29 is 22.4 Å². The van der Waals surface area contributed by atoms with E-state index < -0.39 is 34.7 Å². The molecule has 1 aromatic carbocycles. The van der Waals surface area contributed by atoms with E-state index in [0.29, 0.717) is 0 Å². The van der Waals surface area contributed by atoms with Crippen LogP contribution >= 0.6 is 0 Å². The molecule has 0 amide bonds. The highest BCUT2D eigenvalue weighted by atomic mass is 19.4. The summed E-state index contributed by atoms with van der Waals surface area (Å²) in [6.45, 7) is 11.3. The minimum absolute atomic E-state index is 0.127. The molecule has 0 saturated carbocycles. The normalized spacial score (nSPS) is 12.1. The number of nitrogens with zero attached hydrogens (tertiary/aromatic N) is 3. The van der Waals surface area contributed by atoms with Crippen molar-refractivity contribution in [2.24, 2.45) is 0 Å². The molecular weight excluding hydrogens is 338 g/mol. The van der Waals surface area contributed by atoms with Gasteiger partial charge in [-0.15, -0.1) is 5.10 Å². The Bertz CT molecular complexity index is 840. The molecule has 8 heteroatoms. The molecule has 0 saturated heterocycles. The molecule has 0 spiro atoms. The lowest BCUT2D eigenvalue weighted by molar-refractivity contribution is -0.137. The molecule has 1 aromatic heterocycles. The molecule has 0 aliphatic rings. The van der Waals surface area contributed by atoms with Gasteiger partial charge in [-0.05, 0) is 26.3 Å². The van der Waals surface area contributed by atoms with Gasteiger partial charge in [-0.1, -0.05) is 18.2 Å². The highest BCUT2D eigenvalue weighted by Crippen LogP contribution is 2.37. The van der Waals surface area contributed by atoms with Crippen LogP contribution in [-0.2, 0) is 22.9 Å². The molecule has 1 heterocycles. The summed E-state index contributed by atoms with van der Waals surface area (Å²) < 4.78 is 53.6. The number of rotatable bonds is 4. The van der Waals surface area contributed by atoms with Gasteiger partial charge in [0.15, 0.2) is 11.5 Å². The first kappa shape index (κ1) is 18.6. The summed E-state index contributed by atoms with van der Waals surface area (Å²) in [6.07, 6.45) is -3.61. The number of Topliss-reactive ketones (excluding diaryl/α,β-unsaturated/α-hetero) is 1. The number of halogens is 4. The Hall–Kier alpha value is -2.69. The molecule has 4 nitrogen and oxygen atoms in total. The van der Waals surface area contributed by atoms with Crippen LogP contribution in [0.2, 0.25) is 0 Å². The minimum atomic E-state index is -4.68. The number of alkyl halides is 3. The first-order valence-corrected chi connectivity index (χ1v) is 7.30. The topological polar surface area (TPSA) is 39.2 Å². The van der Waals surface area contributed by atoms with E-state index in [1.165, 1.54) is 33.0 Å². The maximum absolute atomic E-state index is 13.4. The lowest BCUT2D eigenvalue weighted by Crippen LogP contribution is -2.37. The SMILES string of the molecule is [C-]#[N+]c1ccc(CC(=O)C(C)(C)n2cc(C)c(F)n2)cc1C(F)(F)F. The molecule has 132 valence electrons. The number of hydrogen-bond donors (Lipinski definition) is 0. The number of aromatic nitrogens is 2. The van der Waals surface area contributed by atoms with Crippen molar-refractivity contribution in [3.63, 3.8) is 0 Å². The first-order valence-electron chi connectivity index (χ1n) is 7.30. The van der Waals surface area contributed by atoms with Gasteiger partial charge in [-0.25, -0.2) is 4.85 Å². The molecule has 0 radical (unpaired) electrons. The Kier molecular flexibility index (Phi) is 4.71. The minimum Gasteiger partial charge on any atom is -0.297 e. The van der Waals surface area contributed by atoms with Crippen LogP contribution in [-0.4, -0.2) is 15.6 Å². The molecule has 0 unspecified atom stereocenters. The average Bonchev–Trinajstić information content (AvgIpc) is 2.86. The molecular formula is C17H15F4N3O. The van der Waals surface area contributed by atoms with Crippen LogP contribution in [0.15, 0.2) is 24.4 Å². The summed E-state index contributed by atoms with van der Waals surface area (Å²) in [7, 11) is 0. The maximum atomic E-state index is 13.4. The summed E-state index contributed by atoms with van der Waals surface area (Å²) in [6, 6.07) is 3.16. The van der Waals surface area contributed by atoms with Crippen molar-refractivity contribution in [3.8, 4) is 0 Å².